The molecule has 9 heteroatoms. The molecule has 0 fully saturated rings. The van der Waals surface area contributed by atoms with Gasteiger partial charge in [0, 0.05) is 19.7 Å². The minimum atomic E-state index is -3.89. The molecule has 0 unspecified atom stereocenters. The van der Waals surface area contributed by atoms with Crippen LogP contribution in [-0.4, -0.2) is 32.9 Å². The Kier molecular flexibility index (Phi) is 5.65. The summed E-state index contributed by atoms with van der Waals surface area (Å²) in [5.41, 5.74) is 4.96. The predicted octanol–water partition coefficient (Wildman–Crippen LogP) is 1.66. The lowest BCUT2D eigenvalue weighted by Gasteiger charge is -2.18. The second kappa shape index (κ2) is 6.60. The second-order valence-corrected chi connectivity index (χ2v) is 6.45. The number of nitrogens with one attached hydrogen (secondary N) is 1. The molecule has 0 amide bonds. The van der Waals surface area contributed by atoms with E-state index in [9.17, 15) is 17.2 Å². The summed E-state index contributed by atoms with van der Waals surface area (Å²) in [6.07, 6.45) is 0.479. The molecule has 0 bridgehead atoms. The van der Waals surface area contributed by atoms with Gasteiger partial charge in [-0.1, -0.05) is 0 Å². The summed E-state index contributed by atoms with van der Waals surface area (Å²) in [6.45, 7) is 0.548. The number of benzene rings is 1. The lowest BCUT2D eigenvalue weighted by Crippen LogP contribution is -2.34. The molecule has 1 aromatic carbocycles. The highest BCUT2D eigenvalue weighted by atomic mass is 79.9. The van der Waals surface area contributed by atoms with Crippen molar-refractivity contribution in [3.63, 3.8) is 0 Å². The van der Waals surface area contributed by atoms with Crippen molar-refractivity contribution in [2.45, 2.75) is 6.42 Å². The Balaban J connectivity index is 2.92. The summed E-state index contributed by atoms with van der Waals surface area (Å²) in [5, 5.41) is 0. The lowest BCUT2D eigenvalue weighted by atomic mass is 10.3. The van der Waals surface area contributed by atoms with E-state index in [1.165, 1.54) is 7.05 Å². The van der Waals surface area contributed by atoms with Crippen molar-refractivity contribution < 1.29 is 17.2 Å². The summed E-state index contributed by atoms with van der Waals surface area (Å²) in [4.78, 5) is 0. The topological polar surface area (TPSA) is 75.4 Å². The zero-order chi connectivity index (χ0) is 14.6. The number of nitrogens with zero attached hydrogens (tertiary/aromatic N) is 1. The van der Waals surface area contributed by atoms with Crippen molar-refractivity contribution in [2.24, 2.45) is 5.73 Å². The molecule has 108 valence electrons. The first kappa shape index (κ1) is 16.3. The van der Waals surface area contributed by atoms with Crippen LogP contribution in [0.4, 0.5) is 14.5 Å². The van der Waals surface area contributed by atoms with Crippen molar-refractivity contribution in [1.29, 1.82) is 0 Å². The van der Waals surface area contributed by atoms with Crippen LogP contribution in [0.5, 0.6) is 0 Å². The molecular formula is C10H14BrF2N3O2S. The number of hydrogen-bond donors (Lipinski definition) is 2. The molecule has 0 saturated carbocycles. The van der Waals surface area contributed by atoms with Gasteiger partial charge in [0.2, 0.25) is 0 Å². The van der Waals surface area contributed by atoms with E-state index >= 15 is 0 Å². The average molecular weight is 358 g/mol. The number of hydrogen-bond acceptors (Lipinski definition) is 3. The summed E-state index contributed by atoms with van der Waals surface area (Å²) in [6, 6.07) is 1.63. The summed E-state index contributed by atoms with van der Waals surface area (Å²) in [7, 11) is -2.55. The van der Waals surface area contributed by atoms with Gasteiger partial charge in [-0.05, 0) is 35.0 Å². The Morgan fingerprint density at radius 2 is 2.00 bits per heavy atom. The molecule has 3 N–H and O–H groups in total. The van der Waals surface area contributed by atoms with Crippen molar-refractivity contribution in [2.75, 3.05) is 24.9 Å². The van der Waals surface area contributed by atoms with E-state index in [1.807, 2.05) is 4.72 Å². The summed E-state index contributed by atoms with van der Waals surface area (Å²) < 4.78 is 53.2. The van der Waals surface area contributed by atoms with Gasteiger partial charge in [-0.3, -0.25) is 4.72 Å². The van der Waals surface area contributed by atoms with Crippen molar-refractivity contribution in [1.82, 2.24) is 4.31 Å². The number of halogens is 3. The van der Waals surface area contributed by atoms with Crippen LogP contribution in [0.15, 0.2) is 16.6 Å². The molecule has 0 aliphatic rings. The predicted molar refractivity (Wildman–Crippen MR) is 72.9 cm³/mol. The van der Waals surface area contributed by atoms with Gasteiger partial charge >= 0.3 is 10.2 Å². The van der Waals surface area contributed by atoms with E-state index in [2.05, 4.69) is 15.9 Å². The van der Waals surface area contributed by atoms with E-state index < -0.39 is 21.8 Å². The normalized spacial score (nSPS) is 11.9. The zero-order valence-corrected chi connectivity index (χ0v) is 12.6. The van der Waals surface area contributed by atoms with Gasteiger partial charge in [0.25, 0.3) is 0 Å². The number of rotatable bonds is 6. The highest BCUT2D eigenvalue weighted by molar-refractivity contribution is 9.10. The molecule has 0 aliphatic carbocycles. The van der Waals surface area contributed by atoms with Crippen molar-refractivity contribution >= 4 is 31.8 Å². The van der Waals surface area contributed by atoms with Gasteiger partial charge in [-0.25, -0.2) is 8.78 Å². The lowest BCUT2D eigenvalue weighted by molar-refractivity contribution is 0.468. The van der Waals surface area contributed by atoms with E-state index in [-0.39, 0.29) is 16.7 Å². The van der Waals surface area contributed by atoms with Gasteiger partial charge in [-0.2, -0.15) is 12.7 Å². The van der Waals surface area contributed by atoms with Crippen LogP contribution >= 0.6 is 15.9 Å². The maximum absolute atomic E-state index is 13.4. The van der Waals surface area contributed by atoms with Gasteiger partial charge in [0.05, 0.1) is 10.2 Å². The standard InChI is InChI=1S/C10H14BrF2N3O2S/c1-16(4-2-3-14)19(17,18)15-10-5-7(11)8(12)6-9(10)13/h5-6,15H,2-4,14H2,1H3. The third-order valence-corrected chi connectivity index (χ3v) is 4.43. The molecule has 1 aromatic rings. The van der Waals surface area contributed by atoms with Crippen LogP contribution in [0.2, 0.25) is 0 Å². The number of anilines is 1. The first-order valence-corrected chi connectivity index (χ1v) is 7.60. The Hall–Kier alpha value is -0.770. The third kappa shape index (κ3) is 4.37. The Morgan fingerprint density at radius 1 is 1.37 bits per heavy atom. The van der Waals surface area contributed by atoms with E-state index in [0.717, 1.165) is 10.4 Å². The Bertz CT molecular complexity index is 554. The molecule has 0 saturated heterocycles. The molecule has 0 aromatic heterocycles. The molecule has 0 aliphatic heterocycles. The Morgan fingerprint density at radius 3 is 2.58 bits per heavy atom. The Labute approximate surface area is 119 Å². The minimum Gasteiger partial charge on any atom is -0.330 e. The van der Waals surface area contributed by atoms with Gasteiger partial charge in [0.15, 0.2) is 0 Å². The molecular weight excluding hydrogens is 344 g/mol. The van der Waals surface area contributed by atoms with Gasteiger partial charge < -0.3 is 5.73 Å². The van der Waals surface area contributed by atoms with Crippen LogP contribution < -0.4 is 10.5 Å². The summed E-state index contributed by atoms with van der Waals surface area (Å²) >= 11 is 2.86. The van der Waals surface area contributed by atoms with Crippen molar-refractivity contribution in [3.05, 3.63) is 28.2 Å². The first-order chi connectivity index (χ1) is 8.77. The van der Waals surface area contributed by atoms with Gasteiger partial charge in [0.1, 0.15) is 11.6 Å². The fraction of sp³-hybridized carbons (Fsp3) is 0.400. The fourth-order valence-electron chi connectivity index (χ4n) is 1.25. The number of nitrogens with two attached hydrogens (primary N) is 1. The molecule has 19 heavy (non-hydrogen) atoms. The molecule has 1 rings (SSSR count). The monoisotopic (exact) mass is 357 g/mol. The van der Waals surface area contributed by atoms with Crippen LogP contribution in [0.3, 0.4) is 0 Å². The molecule has 0 heterocycles. The van der Waals surface area contributed by atoms with E-state index in [0.29, 0.717) is 19.0 Å². The van der Waals surface area contributed by atoms with E-state index in [1.54, 1.807) is 0 Å². The van der Waals surface area contributed by atoms with Gasteiger partial charge in [-0.15, -0.1) is 0 Å². The molecule has 0 spiro atoms. The van der Waals surface area contributed by atoms with Crippen LogP contribution in [-0.2, 0) is 10.2 Å². The fourth-order valence-corrected chi connectivity index (χ4v) is 2.55. The van der Waals surface area contributed by atoms with Crippen LogP contribution in [0.1, 0.15) is 6.42 Å². The largest absolute Gasteiger partial charge is 0.330 e. The smallest absolute Gasteiger partial charge is 0.301 e. The van der Waals surface area contributed by atoms with E-state index in [4.69, 9.17) is 5.73 Å². The molecule has 0 atom stereocenters. The molecule has 0 radical (unpaired) electrons. The van der Waals surface area contributed by atoms with Crippen LogP contribution in [0, 0.1) is 11.6 Å². The van der Waals surface area contributed by atoms with Crippen LogP contribution in [0.25, 0.3) is 0 Å². The maximum atomic E-state index is 13.4. The SMILES string of the molecule is CN(CCCN)S(=O)(=O)Nc1cc(Br)c(F)cc1F. The minimum absolute atomic E-state index is 0.0313. The first-order valence-electron chi connectivity index (χ1n) is 5.36. The average Bonchev–Trinajstić information content (AvgIpc) is 2.32. The highest BCUT2D eigenvalue weighted by Gasteiger charge is 2.19. The quantitative estimate of drug-likeness (QED) is 0.760. The van der Waals surface area contributed by atoms with Crippen molar-refractivity contribution in [3.8, 4) is 0 Å². The second-order valence-electron chi connectivity index (χ2n) is 3.82. The third-order valence-electron chi connectivity index (χ3n) is 2.34. The highest BCUT2D eigenvalue weighted by Crippen LogP contribution is 2.24. The summed E-state index contributed by atoms with van der Waals surface area (Å²) in [5.74, 6) is -1.80. The zero-order valence-electron chi connectivity index (χ0n) is 10.2. The molecule has 5 nitrogen and oxygen atoms in total. The maximum Gasteiger partial charge on any atom is 0.301 e.